The minimum atomic E-state index is -0.584. The topological polar surface area (TPSA) is 84.0 Å². The molecule has 0 radical (unpaired) electrons. The Morgan fingerprint density at radius 1 is 1.14 bits per heavy atom. The third-order valence-corrected chi connectivity index (χ3v) is 5.22. The van der Waals surface area contributed by atoms with Gasteiger partial charge in [0.15, 0.2) is 0 Å². The van der Waals surface area contributed by atoms with Crippen LogP contribution >= 0.6 is 0 Å². The van der Waals surface area contributed by atoms with E-state index < -0.39 is 6.04 Å². The van der Waals surface area contributed by atoms with Crippen molar-refractivity contribution >= 4 is 11.9 Å². The monoisotopic (exact) mass is 394 g/mol. The Hall–Kier alpha value is -3.55. The van der Waals surface area contributed by atoms with Gasteiger partial charge < -0.3 is 19.7 Å². The van der Waals surface area contributed by atoms with Gasteiger partial charge in [-0.15, -0.1) is 0 Å². The van der Waals surface area contributed by atoms with Gasteiger partial charge in [0.25, 0.3) is 5.91 Å². The van der Waals surface area contributed by atoms with Gasteiger partial charge in [-0.3, -0.25) is 14.7 Å². The van der Waals surface area contributed by atoms with Gasteiger partial charge in [0, 0.05) is 19.3 Å². The molecule has 0 saturated carbocycles. The number of methoxy groups -OCH3 is 2. The van der Waals surface area contributed by atoms with E-state index in [4.69, 9.17) is 9.47 Å². The lowest BCUT2D eigenvalue weighted by Gasteiger charge is -2.31. The van der Waals surface area contributed by atoms with Crippen LogP contribution in [0, 0.1) is 0 Å². The first-order valence-corrected chi connectivity index (χ1v) is 9.21. The number of benzene rings is 1. The summed E-state index contributed by atoms with van der Waals surface area (Å²) in [6, 6.07) is 10.1. The molecule has 1 N–H and O–H groups in total. The van der Waals surface area contributed by atoms with Gasteiger partial charge in [0.1, 0.15) is 11.5 Å². The van der Waals surface area contributed by atoms with Crippen LogP contribution in [0.1, 0.15) is 17.3 Å². The van der Waals surface area contributed by atoms with Crippen LogP contribution in [0.4, 0.5) is 4.79 Å². The number of likely N-dealkylation sites (N-methyl/N-ethyl adjacent to an activating group) is 1. The van der Waals surface area contributed by atoms with Crippen molar-refractivity contribution in [3.8, 4) is 11.5 Å². The highest BCUT2D eigenvalue weighted by molar-refractivity contribution is 6.01. The van der Waals surface area contributed by atoms with E-state index in [1.807, 2.05) is 18.2 Å². The van der Waals surface area contributed by atoms with Crippen molar-refractivity contribution in [2.45, 2.75) is 12.6 Å². The molecular weight excluding hydrogens is 372 g/mol. The maximum absolute atomic E-state index is 13.3. The minimum Gasteiger partial charge on any atom is -0.497 e. The molecule has 0 saturated heterocycles. The van der Waals surface area contributed by atoms with Gasteiger partial charge in [-0.05, 0) is 29.8 Å². The lowest BCUT2D eigenvalue weighted by Crippen LogP contribution is -2.45. The van der Waals surface area contributed by atoms with Crippen LogP contribution in [-0.2, 0) is 11.3 Å². The molecule has 4 rings (SSSR count). The van der Waals surface area contributed by atoms with Crippen LogP contribution in [0.3, 0.4) is 0 Å². The van der Waals surface area contributed by atoms with E-state index >= 15 is 0 Å². The minimum absolute atomic E-state index is 0.121. The molecule has 0 unspecified atom stereocenters. The zero-order chi connectivity index (χ0) is 20.5. The highest BCUT2D eigenvalue weighted by atomic mass is 16.5. The van der Waals surface area contributed by atoms with Crippen LogP contribution < -0.4 is 14.8 Å². The van der Waals surface area contributed by atoms with Gasteiger partial charge in [0.2, 0.25) is 0 Å². The summed E-state index contributed by atoms with van der Waals surface area (Å²) in [5.41, 5.74) is 2.77. The molecule has 0 spiro atoms. The molecule has 1 atom stereocenters. The largest absolute Gasteiger partial charge is 0.497 e. The number of aromatic nitrogens is 1. The number of urea groups is 1. The third-order valence-electron chi connectivity index (χ3n) is 5.22. The van der Waals surface area contributed by atoms with E-state index in [2.05, 4.69) is 10.3 Å². The molecule has 1 aromatic heterocycles. The Labute approximate surface area is 168 Å². The van der Waals surface area contributed by atoms with Crippen LogP contribution in [0.2, 0.25) is 0 Å². The molecule has 1 aromatic carbocycles. The first kappa shape index (κ1) is 18.8. The van der Waals surface area contributed by atoms with E-state index in [1.165, 1.54) is 4.90 Å². The van der Waals surface area contributed by atoms with Crippen LogP contribution in [0.5, 0.6) is 11.5 Å². The number of nitrogens with one attached hydrogen (secondary N) is 1. The van der Waals surface area contributed by atoms with Crippen molar-refractivity contribution < 1.29 is 19.1 Å². The summed E-state index contributed by atoms with van der Waals surface area (Å²) in [6.07, 6.45) is 1.70. The van der Waals surface area contributed by atoms with Gasteiger partial charge in [-0.1, -0.05) is 6.07 Å². The average Bonchev–Trinajstić information content (AvgIpc) is 3.07. The number of nitrogens with zero attached hydrogens (tertiary/aromatic N) is 3. The smallest absolute Gasteiger partial charge is 0.322 e. The summed E-state index contributed by atoms with van der Waals surface area (Å²) in [7, 11) is 4.79. The quantitative estimate of drug-likeness (QED) is 0.840. The molecule has 2 aliphatic heterocycles. The van der Waals surface area contributed by atoms with Crippen molar-refractivity contribution in [1.29, 1.82) is 0 Å². The maximum atomic E-state index is 13.3. The fraction of sp³-hybridized carbons (Fsp3) is 0.286. The first-order valence-electron chi connectivity index (χ1n) is 9.21. The van der Waals surface area contributed by atoms with E-state index in [-0.39, 0.29) is 11.9 Å². The van der Waals surface area contributed by atoms with E-state index in [0.29, 0.717) is 35.9 Å². The number of hydrogen-bond donors (Lipinski definition) is 1. The summed E-state index contributed by atoms with van der Waals surface area (Å²) in [4.78, 5) is 33.4. The Balaban J connectivity index is 1.71. The Morgan fingerprint density at radius 2 is 1.86 bits per heavy atom. The third kappa shape index (κ3) is 3.37. The fourth-order valence-electron chi connectivity index (χ4n) is 3.68. The normalized spacial score (nSPS) is 18.7. The van der Waals surface area contributed by atoms with Crippen molar-refractivity contribution in [1.82, 2.24) is 20.1 Å². The van der Waals surface area contributed by atoms with Crippen LogP contribution in [0.25, 0.3) is 0 Å². The van der Waals surface area contributed by atoms with Crippen molar-refractivity contribution in [2.75, 3.05) is 27.8 Å². The molecule has 2 aliphatic rings. The van der Waals surface area contributed by atoms with Gasteiger partial charge in [0.05, 0.1) is 50.3 Å². The lowest BCUT2D eigenvalue weighted by molar-refractivity contribution is -0.126. The number of rotatable bonds is 5. The highest BCUT2D eigenvalue weighted by Gasteiger charge is 2.43. The molecule has 2 aromatic rings. The molecule has 3 amide bonds. The number of ether oxygens (including phenoxy) is 2. The SMILES string of the molecule is COc1cc(OC)cc([C@H]2NC(=O)N(C)C3=C2C(=O)N(Cc2ccccn2)C3)c1. The van der Waals surface area contributed by atoms with E-state index in [1.54, 1.807) is 50.6 Å². The predicted octanol–water partition coefficient (Wildman–Crippen LogP) is 2.09. The summed E-state index contributed by atoms with van der Waals surface area (Å²) in [5.74, 6) is 1.06. The summed E-state index contributed by atoms with van der Waals surface area (Å²) < 4.78 is 10.7. The second-order valence-corrected chi connectivity index (χ2v) is 6.93. The molecule has 8 nitrogen and oxygen atoms in total. The zero-order valence-electron chi connectivity index (χ0n) is 16.5. The molecule has 150 valence electrons. The Bertz CT molecular complexity index is 967. The molecule has 0 fully saturated rings. The van der Waals surface area contributed by atoms with Crippen molar-refractivity contribution in [3.05, 3.63) is 65.1 Å². The standard InChI is InChI=1S/C21H22N4O4/c1-24-17-12-25(11-14-6-4-5-7-22-14)20(26)18(17)19(23-21(24)27)13-8-15(28-2)10-16(9-13)29-3/h4-10,19H,11-12H2,1-3H3,(H,23,27)/t19-/m1/s1. The number of hydrogen-bond acceptors (Lipinski definition) is 5. The fourth-order valence-corrected chi connectivity index (χ4v) is 3.68. The van der Waals surface area contributed by atoms with Crippen molar-refractivity contribution in [3.63, 3.8) is 0 Å². The molecule has 0 aliphatic carbocycles. The summed E-state index contributed by atoms with van der Waals surface area (Å²) in [5, 5.41) is 2.93. The van der Waals surface area contributed by atoms with Crippen molar-refractivity contribution in [2.24, 2.45) is 0 Å². The number of pyridine rings is 1. The van der Waals surface area contributed by atoms with E-state index in [0.717, 1.165) is 11.3 Å². The zero-order valence-corrected chi connectivity index (χ0v) is 16.5. The van der Waals surface area contributed by atoms with Crippen LogP contribution in [0.15, 0.2) is 53.9 Å². The summed E-state index contributed by atoms with van der Waals surface area (Å²) >= 11 is 0. The number of carbonyl (C=O) groups is 2. The molecule has 0 bridgehead atoms. The number of amides is 3. The van der Waals surface area contributed by atoms with Gasteiger partial charge in [-0.25, -0.2) is 4.79 Å². The molecule has 3 heterocycles. The highest BCUT2D eigenvalue weighted by Crippen LogP contribution is 2.38. The molecular formula is C21H22N4O4. The molecule has 8 heteroatoms. The average molecular weight is 394 g/mol. The second kappa shape index (κ2) is 7.46. The van der Waals surface area contributed by atoms with Gasteiger partial charge in [-0.2, -0.15) is 0 Å². The summed E-state index contributed by atoms with van der Waals surface area (Å²) in [6.45, 7) is 0.731. The van der Waals surface area contributed by atoms with E-state index in [9.17, 15) is 9.59 Å². The predicted molar refractivity (Wildman–Crippen MR) is 105 cm³/mol. The Kier molecular flexibility index (Phi) is 4.84. The number of carbonyl (C=O) groups excluding carboxylic acids is 2. The molecule has 29 heavy (non-hydrogen) atoms. The van der Waals surface area contributed by atoms with Gasteiger partial charge >= 0.3 is 6.03 Å². The second-order valence-electron chi connectivity index (χ2n) is 6.93. The van der Waals surface area contributed by atoms with Crippen LogP contribution in [-0.4, -0.2) is 54.5 Å². The lowest BCUT2D eigenvalue weighted by atomic mass is 9.95. The Morgan fingerprint density at radius 3 is 2.48 bits per heavy atom. The maximum Gasteiger partial charge on any atom is 0.322 e. The first-order chi connectivity index (χ1) is 14.0.